The third-order valence-corrected chi connectivity index (χ3v) is 3.64. The van der Waals surface area contributed by atoms with Gasteiger partial charge in [-0.3, -0.25) is 4.79 Å². The standard InChI is InChI=1S/C16H19NO3/c1-3-10-20-14-8-4-12(5-9-14)15(19)17-16(2,11-18)13-6-7-13/h1,4-5,8-9,13,18H,6-7,10-11H2,2H3,(H,17,19). The molecule has 1 atom stereocenters. The molecule has 0 aromatic heterocycles. The van der Waals surface area contributed by atoms with Crippen LogP contribution in [0.25, 0.3) is 0 Å². The average molecular weight is 273 g/mol. The highest BCUT2D eigenvalue weighted by Gasteiger charge is 2.42. The van der Waals surface area contributed by atoms with Crippen molar-refractivity contribution in [2.45, 2.75) is 25.3 Å². The number of carbonyl (C=O) groups is 1. The summed E-state index contributed by atoms with van der Waals surface area (Å²) in [7, 11) is 0. The summed E-state index contributed by atoms with van der Waals surface area (Å²) in [6.45, 7) is 2.04. The minimum absolute atomic E-state index is 0.0488. The van der Waals surface area contributed by atoms with E-state index in [1.165, 1.54) is 0 Å². The van der Waals surface area contributed by atoms with Crippen molar-refractivity contribution in [3.8, 4) is 18.1 Å². The van der Waals surface area contributed by atoms with Crippen LogP contribution in [-0.2, 0) is 0 Å². The maximum absolute atomic E-state index is 12.2. The first-order chi connectivity index (χ1) is 9.59. The van der Waals surface area contributed by atoms with Gasteiger partial charge in [-0.05, 0) is 49.9 Å². The second-order valence-corrected chi connectivity index (χ2v) is 5.32. The summed E-state index contributed by atoms with van der Waals surface area (Å²) < 4.78 is 5.25. The zero-order chi connectivity index (χ0) is 14.6. The number of benzene rings is 1. The lowest BCUT2D eigenvalue weighted by molar-refractivity contribution is 0.0824. The number of nitrogens with one attached hydrogen (secondary N) is 1. The molecule has 0 aliphatic heterocycles. The Bertz CT molecular complexity index is 514. The van der Waals surface area contributed by atoms with Crippen LogP contribution in [0.1, 0.15) is 30.1 Å². The van der Waals surface area contributed by atoms with E-state index < -0.39 is 5.54 Å². The highest BCUT2D eigenvalue weighted by molar-refractivity contribution is 5.94. The first-order valence-corrected chi connectivity index (χ1v) is 6.69. The van der Waals surface area contributed by atoms with E-state index in [2.05, 4.69) is 11.2 Å². The van der Waals surface area contributed by atoms with Crippen LogP contribution in [0.15, 0.2) is 24.3 Å². The van der Waals surface area contributed by atoms with Crippen LogP contribution >= 0.6 is 0 Å². The fourth-order valence-corrected chi connectivity index (χ4v) is 2.15. The van der Waals surface area contributed by atoms with Crippen LogP contribution in [0.4, 0.5) is 0 Å². The van der Waals surface area contributed by atoms with E-state index in [0.717, 1.165) is 12.8 Å². The molecule has 4 nitrogen and oxygen atoms in total. The Hall–Kier alpha value is -1.99. The van der Waals surface area contributed by atoms with Crippen LogP contribution in [0.2, 0.25) is 0 Å². The number of rotatable bonds is 6. The van der Waals surface area contributed by atoms with E-state index >= 15 is 0 Å². The molecule has 1 aliphatic carbocycles. The largest absolute Gasteiger partial charge is 0.481 e. The smallest absolute Gasteiger partial charge is 0.251 e. The van der Waals surface area contributed by atoms with Gasteiger partial charge in [-0.15, -0.1) is 6.42 Å². The Kier molecular flexibility index (Phi) is 4.31. The van der Waals surface area contributed by atoms with Crippen LogP contribution in [0, 0.1) is 18.3 Å². The fourth-order valence-electron chi connectivity index (χ4n) is 2.15. The molecule has 1 aliphatic rings. The number of terminal acetylenes is 1. The lowest BCUT2D eigenvalue weighted by Gasteiger charge is -2.28. The molecule has 2 rings (SSSR count). The molecule has 2 N–H and O–H groups in total. The summed E-state index contributed by atoms with van der Waals surface area (Å²) in [6, 6.07) is 6.79. The maximum atomic E-state index is 12.2. The van der Waals surface area contributed by atoms with Crippen LogP contribution in [0.3, 0.4) is 0 Å². The molecular formula is C16H19NO3. The van der Waals surface area contributed by atoms with Crippen LogP contribution < -0.4 is 10.1 Å². The van der Waals surface area contributed by atoms with Gasteiger partial charge in [0.2, 0.25) is 0 Å². The average Bonchev–Trinajstić information content (AvgIpc) is 3.30. The Morgan fingerprint density at radius 3 is 2.65 bits per heavy atom. The second kappa shape index (κ2) is 5.98. The number of aliphatic hydroxyl groups is 1. The predicted molar refractivity (Wildman–Crippen MR) is 76.5 cm³/mol. The molecule has 20 heavy (non-hydrogen) atoms. The maximum Gasteiger partial charge on any atom is 0.251 e. The van der Waals surface area contributed by atoms with Crippen LogP contribution in [-0.4, -0.2) is 29.8 Å². The minimum Gasteiger partial charge on any atom is -0.481 e. The van der Waals surface area contributed by atoms with Crippen molar-refractivity contribution in [2.24, 2.45) is 5.92 Å². The van der Waals surface area contributed by atoms with Crippen molar-refractivity contribution in [3.05, 3.63) is 29.8 Å². The Morgan fingerprint density at radius 1 is 1.50 bits per heavy atom. The fraction of sp³-hybridized carbons (Fsp3) is 0.438. The number of hydrogen-bond acceptors (Lipinski definition) is 3. The van der Waals surface area contributed by atoms with E-state index in [0.29, 0.717) is 17.2 Å². The zero-order valence-electron chi connectivity index (χ0n) is 11.6. The van der Waals surface area contributed by atoms with E-state index in [-0.39, 0.29) is 19.1 Å². The van der Waals surface area contributed by atoms with E-state index in [1.54, 1.807) is 24.3 Å². The Morgan fingerprint density at radius 2 is 2.15 bits per heavy atom. The molecule has 1 aromatic rings. The SMILES string of the molecule is C#CCOc1ccc(C(=O)NC(C)(CO)C2CC2)cc1. The molecule has 0 heterocycles. The Labute approximate surface area is 119 Å². The summed E-state index contributed by atoms with van der Waals surface area (Å²) in [5.41, 5.74) is 0.00815. The molecule has 1 fully saturated rings. The summed E-state index contributed by atoms with van der Waals surface area (Å²) in [6.07, 6.45) is 7.21. The van der Waals surface area contributed by atoms with Gasteiger partial charge in [0.25, 0.3) is 5.91 Å². The first kappa shape index (κ1) is 14.4. The molecule has 106 valence electrons. The number of hydrogen-bond donors (Lipinski definition) is 2. The summed E-state index contributed by atoms with van der Waals surface area (Å²) in [5.74, 6) is 3.20. The third kappa shape index (κ3) is 3.31. The number of amides is 1. The van der Waals surface area contributed by atoms with Gasteiger partial charge in [0.1, 0.15) is 12.4 Å². The molecule has 1 aromatic carbocycles. The summed E-state index contributed by atoms with van der Waals surface area (Å²) in [4.78, 5) is 12.2. The molecule has 0 radical (unpaired) electrons. The normalized spacial score (nSPS) is 16.9. The highest BCUT2D eigenvalue weighted by Crippen LogP contribution is 2.39. The molecule has 0 bridgehead atoms. The van der Waals surface area contributed by atoms with Crippen LogP contribution in [0.5, 0.6) is 5.75 Å². The molecule has 1 amide bonds. The van der Waals surface area contributed by atoms with Gasteiger partial charge in [-0.2, -0.15) is 0 Å². The molecule has 4 heteroatoms. The predicted octanol–water partition coefficient (Wildman–Crippen LogP) is 1.59. The van der Waals surface area contributed by atoms with Crippen molar-refractivity contribution >= 4 is 5.91 Å². The topological polar surface area (TPSA) is 58.6 Å². The quantitative estimate of drug-likeness (QED) is 0.774. The van der Waals surface area contributed by atoms with Gasteiger partial charge in [0.05, 0.1) is 12.1 Å². The first-order valence-electron chi connectivity index (χ1n) is 6.69. The second-order valence-electron chi connectivity index (χ2n) is 5.32. The Balaban J connectivity index is 2.00. The van der Waals surface area contributed by atoms with Crippen molar-refractivity contribution in [2.75, 3.05) is 13.2 Å². The van der Waals surface area contributed by atoms with Gasteiger partial charge in [-0.1, -0.05) is 5.92 Å². The van der Waals surface area contributed by atoms with E-state index in [1.807, 2.05) is 6.92 Å². The summed E-state index contributed by atoms with van der Waals surface area (Å²) >= 11 is 0. The zero-order valence-corrected chi connectivity index (χ0v) is 11.6. The van der Waals surface area contributed by atoms with E-state index in [4.69, 9.17) is 11.2 Å². The lowest BCUT2D eigenvalue weighted by atomic mass is 9.96. The lowest BCUT2D eigenvalue weighted by Crippen LogP contribution is -2.50. The number of aliphatic hydroxyl groups excluding tert-OH is 1. The molecular weight excluding hydrogens is 254 g/mol. The third-order valence-electron chi connectivity index (χ3n) is 3.64. The summed E-state index contributed by atoms with van der Waals surface area (Å²) in [5, 5.41) is 12.4. The van der Waals surface area contributed by atoms with Gasteiger partial charge < -0.3 is 15.2 Å². The van der Waals surface area contributed by atoms with Crippen molar-refractivity contribution < 1.29 is 14.6 Å². The molecule has 0 saturated heterocycles. The van der Waals surface area contributed by atoms with Gasteiger partial charge in [0.15, 0.2) is 0 Å². The minimum atomic E-state index is -0.532. The van der Waals surface area contributed by atoms with Crippen molar-refractivity contribution in [1.82, 2.24) is 5.32 Å². The van der Waals surface area contributed by atoms with Crippen molar-refractivity contribution in [3.63, 3.8) is 0 Å². The van der Waals surface area contributed by atoms with Gasteiger partial charge in [-0.25, -0.2) is 0 Å². The van der Waals surface area contributed by atoms with E-state index in [9.17, 15) is 9.90 Å². The molecule has 1 saturated carbocycles. The monoisotopic (exact) mass is 273 g/mol. The number of ether oxygens (including phenoxy) is 1. The molecule has 1 unspecified atom stereocenters. The van der Waals surface area contributed by atoms with Crippen molar-refractivity contribution in [1.29, 1.82) is 0 Å². The van der Waals surface area contributed by atoms with Gasteiger partial charge >= 0.3 is 0 Å². The number of carbonyl (C=O) groups excluding carboxylic acids is 1. The highest BCUT2D eigenvalue weighted by atomic mass is 16.5. The molecule has 0 spiro atoms. The van der Waals surface area contributed by atoms with Gasteiger partial charge in [0, 0.05) is 5.56 Å².